The van der Waals surface area contributed by atoms with E-state index in [0.717, 1.165) is 11.3 Å². The Hall–Kier alpha value is -1.59. The molecule has 1 aliphatic rings. The van der Waals surface area contributed by atoms with Crippen LogP contribution in [0.15, 0.2) is 24.3 Å². The first-order chi connectivity index (χ1) is 8.58. The smallest absolute Gasteiger partial charge is 0.307 e. The number of carboxylic acids is 1. The predicted octanol–water partition coefficient (Wildman–Crippen LogP) is 1.12. The van der Waals surface area contributed by atoms with E-state index in [-0.39, 0.29) is 6.42 Å². The number of nitrogens with zero attached hydrogens (tertiary/aromatic N) is 1. The lowest BCUT2D eigenvalue weighted by Crippen LogP contribution is -2.64. The molecule has 18 heavy (non-hydrogen) atoms. The van der Waals surface area contributed by atoms with Crippen molar-refractivity contribution in [3.05, 3.63) is 29.8 Å². The van der Waals surface area contributed by atoms with Gasteiger partial charge in [0.05, 0.1) is 19.5 Å². The van der Waals surface area contributed by atoms with Gasteiger partial charge in [-0.1, -0.05) is 12.1 Å². The van der Waals surface area contributed by atoms with E-state index >= 15 is 0 Å². The van der Waals surface area contributed by atoms with E-state index in [2.05, 4.69) is 4.90 Å². The Morgan fingerprint density at radius 3 is 2.61 bits per heavy atom. The van der Waals surface area contributed by atoms with Crippen LogP contribution in [0, 0.1) is 0 Å². The third-order valence-corrected chi connectivity index (χ3v) is 3.24. The summed E-state index contributed by atoms with van der Waals surface area (Å²) in [7, 11) is 3.25. The second kappa shape index (κ2) is 4.96. The SMILES string of the molecule is COC1(OC)CN(c2cccc(CC(=O)O)c2)C1. The van der Waals surface area contributed by atoms with Gasteiger partial charge >= 0.3 is 5.97 Å². The van der Waals surface area contributed by atoms with Crippen LogP contribution in [0.3, 0.4) is 0 Å². The fourth-order valence-corrected chi connectivity index (χ4v) is 2.10. The zero-order chi connectivity index (χ0) is 13.2. The van der Waals surface area contributed by atoms with Gasteiger partial charge in [0, 0.05) is 19.9 Å². The Kier molecular flexibility index (Phi) is 3.54. The zero-order valence-electron chi connectivity index (χ0n) is 10.5. The lowest BCUT2D eigenvalue weighted by Gasteiger charge is -2.48. The highest BCUT2D eigenvalue weighted by Crippen LogP contribution is 2.31. The summed E-state index contributed by atoms with van der Waals surface area (Å²) in [6.07, 6.45) is 0.0430. The number of hydrogen-bond acceptors (Lipinski definition) is 4. The first kappa shape index (κ1) is 12.9. The van der Waals surface area contributed by atoms with Crippen LogP contribution in [0.4, 0.5) is 5.69 Å². The van der Waals surface area contributed by atoms with Gasteiger partial charge in [-0.2, -0.15) is 0 Å². The molecule has 0 radical (unpaired) electrons. The van der Waals surface area contributed by atoms with Crippen molar-refractivity contribution in [3.63, 3.8) is 0 Å². The number of anilines is 1. The first-order valence-electron chi connectivity index (χ1n) is 5.74. The molecule has 2 rings (SSSR count). The van der Waals surface area contributed by atoms with Crippen molar-refractivity contribution in [1.82, 2.24) is 0 Å². The molecule has 5 nitrogen and oxygen atoms in total. The molecule has 0 bridgehead atoms. The molecule has 1 heterocycles. The van der Waals surface area contributed by atoms with Crippen molar-refractivity contribution >= 4 is 11.7 Å². The molecule has 1 fully saturated rings. The molecule has 0 aromatic heterocycles. The van der Waals surface area contributed by atoms with Gasteiger partial charge in [-0.25, -0.2) is 0 Å². The highest BCUT2D eigenvalue weighted by Gasteiger charge is 2.43. The maximum atomic E-state index is 10.7. The number of carboxylic acid groups (broad SMARTS) is 1. The summed E-state index contributed by atoms with van der Waals surface area (Å²) in [5.74, 6) is -1.35. The molecular formula is C13H17NO4. The molecule has 0 aliphatic carbocycles. The molecule has 0 amide bonds. The highest BCUT2D eigenvalue weighted by atomic mass is 16.7. The molecule has 1 saturated heterocycles. The maximum absolute atomic E-state index is 10.7. The summed E-state index contributed by atoms with van der Waals surface area (Å²) in [5.41, 5.74) is 1.80. The van der Waals surface area contributed by atoms with Crippen LogP contribution in [0.5, 0.6) is 0 Å². The molecule has 1 N–H and O–H groups in total. The van der Waals surface area contributed by atoms with Crippen molar-refractivity contribution in [2.75, 3.05) is 32.2 Å². The van der Waals surface area contributed by atoms with Crippen molar-refractivity contribution in [2.45, 2.75) is 12.2 Å². The summed E-state index contributed by atoms with van der Waals surface area (Å²) in [6, 6.07) is 7.54. The average molecular weight is 251 g/mol. The van der Waals surface area contributed by atoms with Crippen molar-refractivity contribution in [1.29, 1.82) is 0 Å². The van der Waals surface area contributed by atoms with Crippen LogP contribution in [0.1, 0.15) is 5.56 Å². The van der Waals surface area contributed by atoms with Crippen LogP contribution in [-0.2, 0) is 20.7 Å². The molecule has 5 heteroatoms. The van der Waals surface area contributed by atoms with Crippen LogP contribution in [0.25, 0.3) is 0 Å². The minimum atomic E-state index is -0.820. The average Bonchev–Trinajstić information content (AvgIpc) is 2.28. The normalized spacial score (nSPS) is 17.3. The van der Waals surface area contributed by atoms with E-state index < -0.39 is 11.8 Å². The van der Waals surface area contributed by atoms with Crippen LogP contribution in [-0.4, -0.2) is 44.2 Å². The van der Waals surface area contributed by atoms with Crippen LogP contribution in [0.2, 0.25) is 0 Å². The van der Waals surface area contributed by atoms with E-state index in [1.54, 1.807) is 14.2 Å². The van der Waals surface area contributed by atoms with Crippen LogP contribution >= 0.6 is 0 Å². The molecule has 0 spiro atoms. The lowest BCUT2D eigenvalue weighted by molar-refractivity contribution is -0.219. The Labute approximate surface area is 106 Å². The number of benzene rings is 1. The van der Waals surface area contributed by atoms with Crippen LogP contribution < -0.4 is 4.90 Å². The second-order valence-corrected chi connectivity index (χ2v) is 4.42. The van der Waals surface area contributed by atoms with Crippen molar-refractivity contribution < 1.29 is 19.4 Å². The molecule has 1 aliphatic heterocycles. The number of carbonyl (C=O) groups is 1. The standard InChI is InChI=1S/C13H17NO4/c1-17-13(18-2)8-14(9-13)11-5-3-4-10(6-11)7-12(15)16/h3-6H,7-9H2,1-2H3,(H,15,16). The van der Waals surface area contributed by atoms with Gasteiger partial charge in [0.15, 0.2) is 0 Å². The van der Waals surface area contributed by atoms with Gasteiger partial charge in [-0.3, -0.25) is 4.79 Å². The van der Waals surface area contributed by atoms with Gasteiger partial charge in [0.25, 0.3) is 0 Å². The molecule has 0 atom stereocenters. The second-order valence-electron chi connectivity index (χ2n) is 4.42. The van der Waals surface area contributed by atoms with E-state index in [1.807, 2.05) is 24.3 Å². The van der Waals surface area contributed by atoms with Gasteiger partial charge < -0.3 is 19.5 Å². The van der Waals surface area contributed by atoms with E-state index in [4.69, 9.17) is 14.6 Å². The molecule has 98 valence electrons. The predicted molar refractivity (Wildman–Crippen MR) is 66.7 cm³/mol. The Morgan fingerprint density at radius 1 is 1.39 bits per heavy atom. The van der Waals surface area contributed by atoms with Crippen molar-refractivity contribution in [3.8, 4) is 0 Å². The summed E-state index contributed by atoms with van der Waals surface area (Å²) in [6.45, 7) is 1.30. The number of hydrogen-bond donors (Lipinski definition) is 1. The monoisotopic (exact) mass is 251 g/mol. The van der Waals surface area contributed by atoms with E-state index in [9.17, 15) is 4.79 Å². The summed E-state index contributed by atoms with van der Waals surface area (Å²) < 4.78 is 10.6. The van der Waals surface area contributed by atoms with Gasteiger partial charge in [-0.15, -0.1) is 0 Å². The Balaban J connectivity index is 2.05. The topological polar surface area (TPSA) is 59.0 Å². The van der Waals surface area contributed by atoms with E-state index in [0.29, 0.717) is 13.1 Å². The summed E-state index contributed by atoms with van der Waals surface area (Å²) in [4.78, 5) is 12.8. The number of rotatable bonds is 5. The Bertz CT molecular complexity index is 434. The number of methoxy groups -OCH3 is 2. The quantitative estimate of drug-likeness (QED) is 0.795. The fourth-order valence-electron chi connectivity index (χ4n) is 2.10. The van der Waals surface area contributed by atoms with E-state index in [1.165, 1.54) is 0 Å². The molecule has 0 unspecified atom stereocenters. The number of aliphatic carboxylic acids is 1. The van der Waals surface area contributed by atoms with Crippen molar-refractivity contribution in [2.24, 2.45) is 0 Å². The van der Waals surface area contributed by atoms with Gasteiger partial charge in [-0.05, 0) is 17.7 Å². The molecule has 1 aromatic carbocycles. The molecule has 0 saturated carbocycles. The molecule has 1 aromatic rings. The zero-order valence-corrected chi connectivity index (χ0v) is 10.5. The summed E-state index contributed by atoms with van der Waals surface area (Å²) >= 11 is 0. The lowest BCUT2D eigenvalue weighted by atomic mass is 10.0. The molecular weight excluding hydrogens is 234 g/mol. The third kappa shape index (κ3) is 2.47. The van der Waals surface area contributed by atoms with Gasteiger partial charge in [0.1, 0.15) is 0 Å². The summed E-state index contributed by atoms with van der Waals surface area (Å²) in [5, 5.41) is 8.77. The maximum Gasteiger partial charge on any atom is 0.307 e. The fraction of sp³-hybridized carbons (Fsp3) is 0.462. The minimum absolute atomic E-state index is 0.0430. The third-order valence-electron chi connectivity index (χ3n) is 3.24. The largest absolute Gasteiger partial charge is 0.481 e. The minimum Gasteiger partial charge on any atom is -0.481 e. The highest BCUT2D eigenvalue weighted by molar-refractivity contribution is 5.71. The van der Waals surface area contributed by atoms with Gasteiger partial charge in [0.2, 0.25) is 5.79 Å². The first-order valence-corrected chi connectivity index (χ1v) is 5.74. The Morgan fingerprint density at radius 2 is 2.06 bits per heavy atom. The number of ether oxygens (including phenoxy) is 2.